The number of ether oxygens (including phenoxy) is 1. The fraction of sp³-hybridized carbons (Fsp3) is 0.714. The predicted molar refractivity (Wildman–Crippen MR) is 79.4 cm³/mol. The lowest BCUT2D eigenvalue weighted by Crippen LogP contribution is -2.27. The van der Waals surface area contributed by atoms with Gasteiger partial charge < -0.3 is 14.4 Å². The molecule has 1 aromatic rings. The van der Waals surface area contributed by atoms with Crippen LogP contribution in [0.3, 0.4) is 0 Å². The summed E-state index contributed by atoms with van der Waals surface area (Å²) in [6.07, 6.45) is 4.90. The standard InChI is InChI=1S/C14H24N2O4S/c1-2-6-16-9-14(8-13(16)10-17)21(18,19)15-5-7-20-11-12-3-4-12/h8-9,12,15,17H,2-7,10-11H2,1H3. The molecule has 0 spiro atoms. The van der Waals surface area contributed by atoms with Gasteiger partial charge in [-0.15, -0.1) is 0 Å². The first-order valence-electron chi connectivity index (χ1n) is 7.44. The van der Waals surface area contributed by atoms with Crippen molar-refractivity contribution in [3.63, 3.8) is 0 Å². The van der Waals surface area contributed by atoms with Gasteiger partial charge in [0.25, 0.3) is 0 Å². The van der Waals surface area contributed by atoms with Gasteiger partial charge in [-0.1, -0.05) is 6.92 Å². The van der Waals surface area contributed by atoms with Crippen LogP contribution in [-0.4, -0.2) is 37.8 Å². The molecule has 21 heavy (non-hydrogen) atoms. The highest BCUT2D eigenvalue weighted by Gasteiger charge is 2.21. The third-order valence-electron chi connectivity index (χ3n) is 3.49. The van der Waals surface area contributed by atoms with E-state index in [0.717, 1.165) is 13.0 Å². The highest BCUT2D eigenvalue weighted by Crippen LogP contribution is 2.28. The third-order valence-corrected chi connectivity index (χ3v) is 4.91. The van der Waals surface area contributed by atoms with Crippen LogP contribution in [0.2, 0.25) is 0 Å². The molecule has 2 rings (SSSR count). The SMILES string of the molecule is CCCn1cc(S(=O)(=O)NCCOCC2CC2)cc1CO. The van der Waals surface area contributed by atoms with Crippen molar-refractivity contribution in [3.8, 4) is 0 Å². The van der Waals surface area contributed by atoms with Gasteiger partial charge in [0.1, 0.15) is 0 Å². The number of nitrogens with zero attached hydrogens (tertiary/aromatic N) is 1. The zero-order valence-corrected chi connectivity index (χ0v) is 13.2. The fourth-order valence-corrected chi connectivity index (χ4v) is 3.20. The Labute approximate surface area is 126 Å². The average molecular weight is 316 g/mol. The Morgan fingerprint density at radius 2 is 2.24 bits per heavy atom. The van der Waals surface area contributed by atoms with Crippen molar-refractivity contribution < 1.29 is 18.3 Å². The normalized spacial score (nSPS) is 15.5. The topological polar surface area (TPSA) is 80.6 Å². The molecule has 1 aliphatic rings. The van der Waals surface area contributed by atoms with E-state index in [1.807, 2.05) is 6.92 Å². The minimum atomic E-state index is -3.54. The van der Waals surface area contributed by atoms with Crippen molar-refractivity contribution >= 4 is 10.0 Å². The van der Waals surface area contributed by atoms with Gasteiger partial charge in [-0.05, 0) is 31.2 Å². The van der Waals surface area contributed by atoms with Crippen molar-refractivity contribution in [2.45, 2.75) is 44.2 Å². The lowest BCUT2D eigenvalue weighted by atomic mass is 10.4. The van der Waals surface area contributed by atoms with Crippen LogP contribution in [-0.2, 0) is 27.9 Å². The molecule has 0 aromatic carbocycles. The molecule has 6 nitrogen and oxygen atoms in total. The molecule has 1 heterocycles. The van der Waals surface area contributed by atoms with Crippen LogP contribution in [0, 0.1) is 5.92 Å². The molecule has 1 aliphatic carbocycles. The number of aliphatic hydroxyl groups is 1. The Morgan fingerprint density at radius 3 is 2.86 bits per heavy atom. The van der Waals surface area contributed by atoms with Gasteiger partial charge in [0, 0.05) is 31.6 Å². The third kappa shape index (κ3) is 4.81. The van der Waals surface area contributed by atoms with Gasteiger partial charge >= 0.3 is 0 Å². The second kappa shape index (κ2) is 7.40. The number of rotatable bonds is 10. The van der Waals surface area contributed by atoms with E-state index in [0.29, 0.717) is 24.8 Å². The molecule has 0 amide bonds. The zero-order valence-electron chi connectivity index (χ0n) is 12.4. The predicted octanol–water partition coefficient (Wildman–Crippen LogP) is 1.10. The number of nitrogens with one attached hydrogen (secondary N) is 1. The van der Waals surface area contributed by atoms with E-state index in [1.54, 1.807) is 10.8 Å². The van der Waals surface area contributed by atoms with Gasteiger partial charge in [0.15, 0.2) is 0 Å². The van der Waals surface area contributed by atoms with E-state index in [1.165, 1.54) is 18.9 Å². The van der Waals surface area contributed by atoms with Crippen molar-refractivity contribution in [3.05, 3.63) is 18.0 Å². The first-order chi connectivity index (χ1) is 10.1. The molecule has 1 aromatic heterocycles. The molecule has 0 radical (unpaired) electrons. The van der Waals surface area contributed by atoms with Gasteiger partial charge in [-0.25, -0.2) is 13.1 Å². The summed E-state index contributed by atoms with van der Waals surface area (Å²) in [7, 11) is -3.54. The Hall–Kier alpha value is -0.890. The van der Waals surface area contributed by atoms with Crippen LogP contribution in [0.4, 0.5) is 0 Å². The Balaban J connectivity index is 1.88. The van der Waals surface area contributed by atoms with Crippen molar-refractivity contribution in [2.24, 2.45) is 5.92 Å². The number of aryl methyl sites for hydroxylation is 1. The first kappa shape index (κ1) is 16.5. The second-order valence-electron chi connectivity index (χ2n) is 5.43. The van der Waals surface area contributed by atoms with Crippen LogP contribution in [0.5, 0.6) is 0 Å². The monoisotopic (exact) mass is 316 g/mol. The summed E-state index contributed by atoms with van der Waals surface area (Å²) in [5, 5.41) is 9.27. The summed E-state index contributed by atoms with van der Waals surface area (Å²) in [5.41, 5.74) is 0.613. The Bertz CT molecular complexity index is 549. The van der Waals surface area contributed by atoms with E-state index >= 15 is 0 Å². The largest absolute Gasteiger partial charge is 0.390 e. The Morgan fingerprint density at radius 1 is 1.48 bits per heavy atom. The highest BCUT2D eigenvalue weighted by molar-refractivity contribution is 7.89. The van der Waals surface area contributed by atoms with Gasteiger partial charge in [0.2, 0.25) is 10.0 Å². The fourth-order valence-electron chi connectivity index (χ4n) is 2.12. The quantitative estimate of drug-likeness (QED) is 0.633. The molecular formula is C14H24N2O4S. The molecule has 120 valence electrons. The van der Waals surface area contributed by atoms with E-state index in [9.17, 15) is 13.5 Å². The maximum atomic E-state index is 12.2. The number of hydrogen-bond donors (Lipinski definition) is 2. The molecule has 0 bridgehead atoms. The summed E-state index contributed by atoms with van der Waals surface area (Å²) in [6, 6.07) is 1.52. The highest BCUT2D eigenvalue weighted by atomic mass is 32.2. The van der Waals surface area contributed by atoms with E-state index in [4.69, 9.17) is 4.74 Å². The first-order valence-corrected chi connectivity index (χ1v) is 8.92. The van der Waals surface area contributed by atoms with Crippen LogP contribution >= 0.6 is 0 Å². The Kier molecular flexibility index (Phi) is 5.80. The molecular weight excluding hydrogens is 292 g/mol. The molecule has 0 saturated heterocycles. The summed E-state index contributed by atoms with van der Waals surface area (Å²) in [6.45, 7) is 3.91. The molecule has 7 heteroatoms. The van der Waals surface area contributed by atoms with E-state index in [2.05, 4.69) is 4.72 Å². The smallest absolute Gasteiger partial charge is 0.242 e. The number of aromatic nitrogens is 1. The maximum Gasteiger partial charge on any atom is 0.242 e. The van der Waals surface area contributed by atoms with E-state index in [-0.39, 0.29) is 18.0 Å². The van der Waals surface area contributed by atoms with Crippen molar-refractivity contribution in [2.75, 3.05) is 19.8 Å². The van der Waals surface area contributed by atoms with Crippen LogP contribution in [0.25, 0.3) is 0 Å². The summed E-state index contributed by atoms with van der Waals surface area (Å²) >= 11 is 0. The number of sulfonamides is 1. The maximum absolute atomic E-state index is 12.2. The average Bonchev–Trinajstić information content (AvgIpc) is 3.17. The zero-order chi connectivity index (χ0) is 15.3. The minimum absolute atomic E-state index is 0.167. The number of aliphatic hydroxyl groups excluding tert-OH is 1. The minimum Gasteiger partial charge on any atom is -0.390 e. The summed E-state index contributed by atoms with van der Waals surface area (Å²) < 4.78 is 34.0. The van der Waals surface area contributed by atoms with Crippen LogP contribution in [0.15, 0.2) is 17.2 Å². The number of hydrogen-bond acceptors (Lipinski definition) is 4. The molecule has 1 fully saturated rings. The summed E-state index contributed by atoms with van der Waals surface area (Å²) in [5.74, 6) is 0.678. The molecule has 2 N–H and O–H groups in total. The van der Waals surface area contributed by atoms with Crippen LogP contribution in [0.1, 0.15) is 31.9 Å². The summed E-state index contributed by atoms with van der Waals surface area (Å²) in [4.78, 5) is 0.196. The van der Waals surface area contributed by atoms with Gasteiger partial charge in [0.05, 0.1) is 18.1 Å². The van der Waals surface area contributed by atoms with Gasteiger partial charge in [-0.2, -0.15) is 0 Å². The lowest BCUT2D eigenvalue weighted by Gasteiger charge is -2.06. The molecule has 0 unspecified atom stereocenters. The van der Waals surface area contributed by atoms with E-state index < -0.39 is 10.0 Å². The lowest BCUT2D eigenvalue weighted by molar-refractivity contribution is 0.129. The van der Waals surface area contributed by atoms with Crippen molar-refractivity contribution in [1.82, 2.24) is 9.29 Å². The van der Waals surface area contributed by atoms with Crippen molar-refractivity contribution in [1.29, 1.82) is 0 Å². The molecule has 0 atom stereocenters. The van der Waals surface area contributed by atoms with Gasteiger partial charge in [-0.3, -0.25) is 0 Å². The molecule has 1 saturated carbocycles. The van der Waals surface area contributed by atoms with Crippen LogP contribution < -0.4 is 4.72 Å². The molecule has 0 aliphatic heterocycles. The second-order valence-corrected chi connectivity index (χ2v) is 7.20.